The highest BCUT2D eigenvalue weighted by atomic mass is 19.4. The Balaban J connectivity index is 1.70. The van der Waals surface area contributed by atoms with Crippen LogP contribution in [-0.4, -0.2) is 35.3 Å². The van der Waals surface area contributed by atoms with Crippen molar-refractivity contribution >= 4 is 17.2 Å². The van der Waals surface area contributed by atoms with Crippen LogP contribution in [0.5, 0.6) is 0 Å². The summed E-state index contributed by atoms with van der Waals surface area (Å²) in [7, 11) is 0. The van der Waals surface area contributed by atoms with Gasteiger partial charge in [0, 0.05) is 24.3 Å². The van der Waals surface area contributed by atoms with Gasteiger partial charge in [0.2, 0.25) is 0 Å². The number of aromatic nitrogens is 2. The van der Waals surface area contributed by atoms with E-state index in [1.165, 1.54) is 17.0 Å². The predicted octanol–water partition coefficient (Wildman–Crippen LogP) is 3.50. The van der Waals surface area contributed by atoms with Crippen LogP contribution in [0.4, 0.5) is 18.9 Å². The molecule has 0 bridgehead atoms. The van der Waals surface area contributed by atoms with E-state index in [-0.39, 0.29) is 11.9 Å². The molecule has 2 aliphatic rings. The molecule has 1 atom stereocenters. The molecule has 1 aromatic carbocycles. The first kappa shape index (κ1) is 17.8. The van der Waals surface area contributed by atoms with Crippen molar-refractivity contribution in [1.29, 1.82) is 0 Å². The topological polar surface area (TPSA) is 50.2 Å². The van der Waals surface area contributed by atoms with Gasteiger partial charge in [-0.1, -0.05) is 6.08 Å². The van der Waals surface area contributed by atoms with Crippen molar-refractivity contribution < 1.29 is 18.0 Å². The van der Waals surface area contributed by atoms with Crippen molar-refractivity contribution in [3.05, 3.63) is 53.4 Å². The molecule has 1 unspecified atom stereocenters. The van der Waals surface area contributed by atoms with E-state index >= 15 is 0 Å². The van der Waals surface area contributed by atoms with Crippen LogP contribution in [0.25, 0.3) is 5.57 Å². The summed E-state index contributed by atoms with van der Waals surface area (Å²) in [5.74, 6) is -0.236. The number of anilines is 1. The van der Waals surface area contributed by atoms with Gasteiger partial charge in [0.25, 0.3) is 5.91 Å². The molecule has 2 aromatic rings. The highest BCUT2D eigenvalue weighted by Crippen LogP contribution is 2.34. The second kappa shape index (κ2) is 6.53. The molecule has 1 N–H and O–H groups in total. The van der Waals surface area contributed by atoms with E-state index < -0.39 is 11.7 Å². The van der Waals surface area contributed by atoms with Gasteiger partial charge >= 0.3 is 6.18 Å². The molecule has 0 saturated heterocycles. The maximum Gasteiger partial charge on any atom is 0.416 e. The maximum absolute atomic E-state index is 13.2. The summed E-state index contributed by atoms with van der Waals surface area (Å²) < 4.78 is 40.2. The van der Waals surface area contributed by atoms with Crippen LogP contribution in [0.3, 0.4) is 0 Å². The van der Waals surface area contributed by atoms with Crippen LogP contribution >= 0.6 is 0 Å². The molecule has 5 nitrogen and oxygen atoms in total. The first-order chi connectivity index (χ1) is 12.9. The van der Waals surface area contributed by atoms with Crippen LogP contribution in [0, 0.1) is 0 Å². The lowest BCUT2D eigenvalue weighted by Gasteiger charge is -2.32. The van der Waals surface area contributed by atoms with Gasteiger partial charge in [-0.15, -0.1) is 0 Å². The van der Waals surface area contributed by atoms with Gasteiger partial charge in [-0.25, -0.2) is 0 Å². The smallest absolute Gasteiger partial charge is 0.313 e. The average molecular weight is 376 g/mol. The summed E-state index contributed by atoms with van der Waals surface area (Å²) in [6, 6.07) is 4.65. The second-order valence-electron chi connectivity index (χ2n) is 6.84. The van der Waals surface area contributed by atoms with Crippen molar-refractivity contribution in [1.82, 2.24) is 15.1 Å². The number of nitrogens with one attached hydrogen (secondary N) is 1. The molecular weight excluding hydrogens is 357 g/mol. The number of nitrogens with zero attached hydrogens (tertiary/aromatic N) is 3. The van der Waals surface area contributed by atoms with Gasteiger partial charge < -0.3 is 10.2 Å². The zero-order valence-electron chi connectivity index (χ0n) is 14.8. The molecule has 4 rings (SSSR count). The normalized spacial score (nSPS) is 20.4. The Morgan fingerprint density at radius 2 is 1.96 bits per heavy atom. The van der Waals surface area contributed by atoms with Gasteiger partial charge in [-0.2, -0.15) is 18.3 Å². The Morgan fingerprint density at radius 1 is 1.22 bits per heavy atom. The Kier molecular flexibility index (Phi) is 4.30. The van der Waals surface area contributed by atoms with E-state index in [1.807, 2.05) is 6.92 Å². The third-order valence-corrected chi connectivity index (χ3v) is 5.02. The molecule has 0 fully saturated rings. The fourth-order valence-corrected chi connectivity index (χ4v) is 3.62. The number of halogens is 3. The molecule has 8 heteroatoms. The van der Waals surface area contributed by atoms with Crippen molar-refractivity contribution in [3.63, 3.8) is 0 Å². The summed E-state index contributed by atoms with van der Waals surface area (Å²) in [5, 5.41) is 7.63. The van der Waals surface area contributed by atoms with E-state index in [0.29, 0.717) is 17.9 Å². The molecule has 2 aliphatic heterocycles. The third kappa shape index (κ3) is 3.14. The van der Waals surface area contributed by atoms with Crippen molar-refractivity contribution in [2.45, 2.75) is 25.6 Å². The zero-order chi connectivity index (χ0) is 19.2. The van der Waals surface area contributed by atoms with Gasteiger partial charge in [0.1, 0.15) is 5.69 Å². The second-order valence-corrected chi connectivity index (χ2v) is 6.84. The van der Waals surface area contributed by atoms with Crippen molar-refractivity contribution in [2.24, 2.45) is 0 Å². The first-order valence-electron chi connectivity index (χ1n) is 8.83. The quantitative estimate of drug-likeness (QED) is 0.873. The predicted molar refractivity (Wildman–Crippen MR) is 95.5 cm³/mol. The minimum atomic E-state index is -4.40. The maximum atomic E-state index is 13.2. The van der Waals surface area contributed by atoms with Crippen LogP contribution in [0.15, 0.2) is 36.5 Å². The molecule has 27 heavy (non-hydrogen) atoms. The van der Waals surface area contributed by atoms with E-state index in [4.69, 9.17) is 0 Å². The van der Waals surface area contributed by atoms with Crippen LogP contribution in [0.2, 0.25) is 0 Å². The molecule has 1 amide bonds. The Labute approximate surface area is 154 Å². The van der Waals surface area contributed by atoms with Gasteiger partial charge in [0.05, 0.1) is 17.8 Å². The van der Waals surface area contributed by atoms with E-state index in [9.17, 15) is 18.0 Å². The van der Waals surface area contributed by atoms with Gasteiger partial charge in [0.15, 0.2) is 0 Å². The van der Waals surface area contributed by atoms with E-state index in [2.05, 4.69) is 16.5 Å². The van der Waals surface area contributed by atoms with E-state index in [1.54, 1.807) is 10.9 Å². The summed E-state index contributed by atoms with van der Waals surface area (Å²) in [6.45, 7) is 3.88. The number of carbonyl (C=O) groups excluding carboxylic acids is 1. The SMILES string of the molecule is CC1CN(c2ccc(C(F)(F)F)cc2)C(=O)c2c(C3=CCNCC3)cnn21. The number of hydrogen-bond donors (Lipinski definition) is 1. The highest BCUT2D eigenvalue weighted by molar-refractivity contribution is 6.08. The Morgan fingerprint density at radius 3 is 2.59 bits per heavy atom. The molecule has 142 valence electrons. The summed E-state index contributed by atoms with van der Waals surface area (Å²) in [6.07, 6.45) is 0.180. The lowest BCUT2D eigenvalue weighted by atomic mass is 9.99. The fraction of sp³-hybridized carbons (Fsp3) is 0.368. The standard InChI is InChI=1S/C19H19F3N4O/c1-12-11-25(15-4-2-14(3-5-15)19(20,21)22)18(27)17-16(10-24-26(12)17)13-6-8-23-9-7-13/h2-6,10,12,23H,7-9,11H2,1H3. The molecule has 1 aromatic heterocycles. The molecule has 0 aliphatic carbocycles. The fourth-order valence-electron chi connectivity index (χ4n) is 3.62. The summed E-state index contributed by atoms with van der Waals surface area (Å²) >= 11 is 0. The Bertz CT molecular complexity index is 899. The van der Waals surface area contributed by atoms with Crippen molar-refractivity contribution in [3.8, 4) is 0 Å². The largest absolute Gasteiger partial charge is 0.416 e. The van der Waals surface area contributed by atoms with Crippen molar-refractivity contribution in [2.75, 3.05) is 24.5 Å². The van der Waals surface area contributed by atoms with Gasteiger partial charge in [-0.3, -0.25) is 9.48 Å². The van der Waals surface area contributed by atoms with Gasteiger partial charge in [-0.05, 0) is 49.7 Å². The van der Waals surface area contributed by atoms with E-state index in [0.717, 1.165) is 42.8 Å². The monoisotopic (exact) mass is 376 g/mol. The number of fused-ring (bicyclic) bond motifs is 1. The first-order valence-corrected chi connectivity index (χ1v) is 8.83. The average Bonchev–Trinajstić information content (AvgIpc) is 3.11. The third-order valence-electron chi connectivity index (χ3n) is 5.02. The molecule has 0 spiro atoms. The van der Waals surface area contributed by atoms with Crippen LogP contribution in [-0.2, 0) is 6.18 Å². The summed E-state index contributed by atoms with van der Waals surface area (Å²) in [5.41, 5.74) is 2.11. The number of rotatable bonds is 2. The number of hydrogen-bond acceptors (Lipinski definition) is 3. The Hall–Kier alpha value is -2.61. The molecular formula is C19H19F3N4O. The molecule has 0 saturated carbocycles. The zero-order valence-corrected chi connectivity index (χ0v) is 14.8. The summed E-state index contributed by atoms with van der Waals surface area (Å²) in [4.78, 5) is 14.7. The minimum absolute atomic E-state index is 0.0731. The molecule has 0 radical (unpaired) electrons. The number of benzene rings is 1. The van der Waals surface area contributed by atoms with Crippen LogP contribution in [0.1, 0.15) is 41.0 Å². The number of carbonyl (C=O) groups is 1. The highest BCUT2D eigenvalue weighted by Gasteiger charge is 2.35. The minimum Gasteiger partial charge on any atom is -0.313 e. The lowest BCUT2D eigenvalue weighted by Crippen LogP contribution is -2.43. The number of amides is 1. The van der Waals surface area contributed by atoms with Crippen LogP contribution < -0.4 is 10.2 Å². The molecule has 3 heterocycles. The number of alkyl halides is 3. The lowest BCUT2D eigenvalue weighted by molar-refractivity contribution is -0.137.